The Labute approximate surface area is 318 Å². The average Bonchev–Trinajstić information content (AvgIpc) is 3.87. The van der Waals surface area contributed by atoms with E-state index in [0.29, 0.717) is 25.0 Å². The minimum atomic E-state index is -4.76. The Morgan fingerprint density at radius 1 is 0.596 bits per heavy atom. The van der Waals surface area contributed by atoms with Crippen LogP contribution in [-0.4, -0.2) is 53.3 Å². The highest BCUT2D eigenvalue weighted by atomic mass is 31.2. The number of rotatable bonds is 39. The molecule has 1 rings (SSSR count). The quantitative estimate of drug-likeness (QED) is 0.0207. The number of carbonyl (C=O) groups excluding carboxylic acids is 2. The molecule has 1 saturated heterocycles. The Kier molecular flexibility index (Phi) is 32.1. The summed E-state index contributed by atoms with van der Waals surface area (Å²) in [4.78, 5) is 42.9. The summed E-state index contributed by atoms with van der Waals surface area (Å²) in [6.07, 6.45) is 39.6. The van der Waals surface area contributed by atoms with E-state index in [-0.39, 0.29) is 19.4 Å². The highest BCUT2D eigenvalue weighted by Crippen LogP contribution is 2.36. The molecule has 0 radical (unpaired) electrons. The Hall–Kier alpha value is -1.25. The number of esters is 2. The van der Waals surface area contributed by atoms with Crippen molar-refractivity contribution < 1.29 is 42.7 Å². The van der Waals surface area contributed by atoms with Crippen molar-refractivity contribution in [1.29, 1.82) is 0 Å². The van der Waals surface area contributed by atoms with Crippen LogP contribution >= 0.6 is 7.82 Å². The minimum Gasteiger partial charge on any atom is -0.462 e. The molecule has 0 aromatic rings. The van der Waals surface area contributed by atoms with Gasteiger partial charge in [-0.1, -0.05) is 174 Å². The number of hydrogen-bond acceptors (Lipinski definition) is 7. The summed E-state index contributed by atoms with van der Waals surface area (Å²) in [5, 5.41) is 0. The van der Waals surface area contributed by atoms with Crippen molar-refractivity contribution >= 4 is 19.8 Å². The molecule has 1 heterocycles. The number of allylic oxidation sites excluding steroid dienone is 1. The molecule has 10 heteroatoms. The summed E-state index contributed by atoms with van der Waals surface area (Å²) in [7, 11) is -4.76. The summed E-state index contributed by atoms with van der Waals surface area (Å²) in [5.74, 6) is -0.895. The maximum atomic E-state index is 12.4. The van der Waals surface area contributed by atoms with E-state index < -0.39 is 32.5 Å². The lowest BCUT2D eigenvalue weighted by molar-refractivity contribution is -0.161. The molecular formula is C42H79O9P. The number of unbranched alkanes of at least 4 members (excludes halogenated alkanes) is 24. The molecule has 1 fully saturated rings. The molecule has 0 aromatic heterocycles. The highest BCUT2D eigenvalue weighted by molar-refractivity contribution is 7.46. The SMILES string of the molecule is CCCCCCCCCCCCCCCCCCCCC(=O)O[C@H](COC(=O)CCCCCCC/C=C\CC1OC1CCCCC)COP(=O)(O)O. The molecule has 0 amide bonds. The number of hydrogen-bond donors (Lipinski definition) is 2. The normalized spacial score (nSPS) is 16.4. The smallest absolute Gasteiger partial charge is 0.462 e. The first-order chi connectivity index (χ1) is 25.2. The molecule has 0 saturated carbocycles. The summed E-state index contributed by atoms with van der Waals surface area (Å²) < 4.78 is 32.1. The lowest BCUT2D eigenvalue weighted by Crippen LogP contribution is -2.29. The van der Waals surface area contributed by atoms with Crippen LogP contribution < -0.4 is 0 Å². The van der Waals surface area contributed by atoms with Crippen molar-refractivity contribution in [3.05, 3.63) is 12.2 Å². The van der Waals surface area contributed by atoms with Crippen LogP contribution in [0.2, 0.25) is 0 Å². The topological polar surface area (TPSA) is 132 Å². The molecule has 306 valence electrons. The summed E-state index contributed by atoms with van der Waals surface area (Å²) in [6, 6.07) is 0. The highest BCUT2D eigenvalue weighted by Gasteiger charge is 2.36. The monoisotopic (exact) mass is 759 g/mol. The molecule has 2 unspecified atom stereocenters. The van der Waals surface area contributed by atoms with Crippen LogP contribution in [-0.2, 0) is 32.9 Å². The molecule has 3 atom stereocenters. The number of epoxide rings is 1. The van der Waals surface area contributed by atoms with Crippen LogP contribution in [0.5, 0.6) is 0 Å². The number of phosphoric acid groups is 1. The molecule has 0 spiro atoms. The van der Waals surface area contributed by atoms with Crippen LogP contribution in [0, 0.1) is 0 Å². The largest absolute Gasteiger partial charge is 0.469 e. The maximum absolute atomic E-state index is 12.4. The molecule has 0 aliphatic carbocycles. The van der Waals surface area contributed by atoms with Gasteiger partial charge in [0.15, 0.2) is 6.10 Å². The Bertz CT molecular complexity index is 921. The fraction of sp³-hybridized carbons (Fsp3) is 0.905. The van der Waals surface area contributed by atoms with Gasteiger partial charge in [0.1, 0.15) is 6.61 Å². The van der Waals surface area contributed by atoms with E-state index in [1.807, 2.05) is 0 Å². The Morgan fingerprint density at radius 3 is 1.58 bits per heavy atom. The van der Waals surface area contributed by atoms with Crippen LogP contribution in [0.15, 0.2) is 12.2 Å². The van der Waals surface area contributed by atoms with Gasteiger partial charge in [-0.3, -0.25) is 14.1 Å². The second-order valence-electron chi connectivity index (χ2n) is 15.1. The number of carbonyl (C=O) groups is 2. The fourth-order valence-electron chi connectivity index (χ4n) is 6.62. The van der Waals surface area contributed by atoms with Crippen molar-refractivity contribution in [2.24, 2.45) is 0 Å². The Balaban J connectivity index is 2.03. The Morgan fingerprint density at radius 2 is 1.06 bits per heavy atom. The lowest BCUT2D eigenvalue weighted by atomic mass is 10.0. The van der Waals surface area contributed by atoms with E-state index >= 15 is 0 Å². The van der Waals surface area contributed by atoms with Crippen molar-refractivity contribution in [3.63, 3.8) is 0 Å². The molecule has 0 bridgehead atoms. The maximum Gasteiger partial charge on any atom is 0.469 e. The van der Waals surface area contributed by atoms with E-state index in [1.165, 1.54) is 116 Å². The molecule has 9 nitrogen and oxygen atoms in total. The van der Waals surface area contributed by atoms with Gasteiger partial charge in [-0.15, -0.1) is 0 Å². The molecule has 0 aromatic carbocycles. The zero-order valence-corrected chi connectivity index (χ0v) is 34.3. The summed E-state index contributed by atoms with van der Waals surface area (Å²) >= 11 is 0. The van der Waals surface area contributed by atoms with Gasteiger partial charge < -0.3 is 24.0 Å². The molecule has 52 heavy (non-hydrogen) atoms. The van der Waals surface area contributed by atoms with E-state index in [9.17, 15) is 14.2 Å². The first-order valence-electron chi connectivity index (χ1n) is 21.6. The zero-order chi connectivity index (χ0) is 38.0. The van der Waals surface area contributed by atoms with Crippen molar-refractivity contribution in [3.8, 4) is 0 Å². The van der Waals surface area contributed by atoms with Crippen molar-refractivity contribution in [1.82, 2.24) is 0 Å². The molecule has 2 N–H and O–H groups in total. The predicted octanol–water partition coefficient (Wildman–Crippen LogP) is 12.0. The first-order valence-corrected chi connectivity index (χ1v) is 23.1. The van der Waals surface area contributed by atoms with E-state index in [0.717, 1.165) is 57.8 Å². The molecule has 1 aliphatic heterocycles. The van der Waals surface area contributed by atoms with Crippen molar-refractivity contribution in [2.75, 3.05) is 13.2 Å². The number of phosphoric ester groups is 1. The third-order valence-electron chi connectivity index (χ3n) is 9.96. The standard InChI is InChI=1S/C42H79O9P/c1-3-5-7-8-9-10-11-12-13-14-15-16-17-18-19-24-27-31-35-42(44)50-38(37-49-52(45,46)47)36-48-41(43)34-30-26-23-21-20-22-25-29-33-40-39(51-40)32-28-6-4-2/h25,29,38-40H,3-24,26-28,30-37H2,1-2H3,(H2,45,46,47)/b29-25-/t38-,39?,40?/m1/s1. The number of ether oxygens (including phenoxy) is 3. The van der Waals surface area contributed by atoms with E-state index in [1.54, 1.807) is 0 Å². The zero-order valence-electron chi connectivity index (χ0n) is 33.4. The van der Waals surface area contributed by atoms with Crippen LogP contribution in [0.1, 0.15) is 213 Å². The van der Waals surface area contributed by atoms with Gasteiger partial charge in [0.25, 0.3) is 0 Å². The molecule has 1 aliphatic rings. The van der Waals surface area contributed by atoms with Crippen LogP contribution in [0.25, 0.3) is 0 Å². The third-order valence-corrected chi connectivity index (χ3v) is 10.4. The minimum absolute atomic E-state index is 0.212. The van der Waals surface area contributed by atoms with Crippen LogP contribution in [0.4, 0.5) is 0 Å². The molecular weight excluding hydrogens is 679 g/mol. The van der Waals surface area contributed by atoms with Gasteiger partial charge in [-0.25, -0.2) is 4.57 Å². The van der Waals surface area contributed by atoms with Crippen LogP contribution in [0.3, 0.4) is 0 Å². The first kappa shape index (κ1) is 48.8. The van der Waals surface area contributed by atoms with E-state index in [2.05, 4.69) is 30.5 Å². The second-order valence-corrected chi connectivity index (χ2v) is 16.3. The fourth-order valence-corrected chi connectivity index (χ4v) is 6.98. The second kappa shape index (κ2) is 34.3. The summed E-state index contributed by atoms with van der Waals surface area (Å²) in [6.45, 7) is 3.66. The van der Waals surface area contributed by atoms with Gasteiger partial charge in [0.05, 0.1) is 18.8 Å². The van der Waals surface area contributed by atoms with Crippen molar-refractivity contribution in [2.45, 2.75) is 231 Å². The van der Waals surface area contributed by atoms with Gasteiger partial charge in [-0.2, -0.15) is 0 Å². The average molecular weight is 759 g/mol. The van der Waals surface area contributed by atoms with Gasteiger partial charge >= 0.3 is 19.8 Å². The van der Waals surface area contributed by atoms with E-state index in [4.69, 9.17) is 24.0 Å². The predicted molar refractivity (Wildman–Crippen MR) is 211 cm³/mol. The lowest BCUT2D eigenvalue weighted by Gasteiger charge is -2.18. The summed E-state index contributed by atoms with van der Waals surface area (Å²) in [5.41, 5.74) is 0. The van der Waals surface area contributed by atoms with Gasteiger partial charge in [-0.05, 0) is 38.5 Å². The third kappa shape index (κ3) is 33.3. The van der Waals surface area contributed by atoms with Gasteiger partial charge in [0, 0.05) is 12.8 Å². The van der Waals surface area contributed by atoms with Gasteiger partial charge in [0.2, 0.25) is 0 Å².